The van der Waals surface area contributed by atoms with E-state index < -0.39 is 0 Å². The maximum atomic E-state index is 13.1. The zero-order chi connectivity index (χ0) is 22.8. The Morgan fingerprint density at radius 2 is 2.00 bits per heavy atom. The van der Waals surface area contributed by atoms with E-state index in [0.29, 0.717) is 45.8 Å². The number of benzene rings is 2. The van der Waals surface area contributed by atoms with Gasteiger partial charge >= 0.3 is 0 Å². The highest BCUT2D eigenvalue weighted by atomic mass is 32.1. The van der Waals surface area contributed by atoms with Gasteiger partial charge in [0.2, 0.25) is 6.79 Å². The van der Waals surface area contributed by atoms with Gasteiger partial charge in [-0.1, -0.05) is 17.7 Å². The molecule has 2 N–H and O–H groups in total. The van der Waals surface area contributed by atoms with Crippen molar-refractivity contribution in [3.8, 4) is 11.5 Å². The fraction of sp³-hybridized carbons (Fsp3) is 0.320. The summed E-state index contributed by atoms with van der Waals surface area (Å²) in [4.78, 5) is 28.9. The number of rotatable bonds is 6. The smallest absolute Gasteiger partial charge is 0.262 e. The summed E-state index contributed by atoms with van der Waals surface area (Å²) in [6.45, 7) is 1.11. The van der Waals surface area contributed by atoms with E-state index in [2.05, 4.69) is 16.4 Å². The zero-order valence-electron chi connectivity index (χ0n) is 18.2. The number of carbonyl (C=O) groups excluding carboxylic acids is 1. The number of hydrogen-bond donors (Lipinski definition) is 2. The molecule has 0 spiro atoms. The van der Waals surface area contributed by atoms with E-state index in [9.17, 15) is 9.59 Å². The van der Waals surface area contributed by atoms with E-state index in [1.165, 1.54) is 23.0 Å². The van der Waals surface area contributed by atoms with Crippen molar-refractivity contribution in [1.82, 2.24) is 14.9 Å². The van der Waals surface area contributed by atoms with Crippen LogP contribution in [0, 0.1) is 4.77 Å². The molecule has 0 unspecified atom stereocenters. The number of H-pyrrole nitrogens is 1. The molecular weight excluding hydrogens is 438 g/mol. The molecule has 3 aromatic rings. The third kappa shape index (κ3) is 4.57. The average Bonchev–Trinajstić information content (AvgIpc) is 3.30. The van der Waals surface area contributed by atoms with Crippen LogP contribution in [-0.2, 0) is 6.54 Å². The molecule has 33 heavy (non-hydrogen) atoms. The summed E-state index contributed by atoms with van der Waals surface area (Å²) in [7, 11) is 0. The molecule has 2 aromatic carbocycles. The monoisotopic (exact) mass is 463 g/mol. The first kappa shape index (κ1) is 21.5. The van der Waals surface area contributed by atoms with Gasteiger partial charge < -0.3 is 19.8 Å². The SMILES string of the molecule is O=C(NCCC1=CCCCC1)c1ccc2c(=O)n(Cc3ccc4c(c3)OCO4)c(=S)[nH]c2c1. The first-order valence-corrected chi connectivity index (χ1v) is 11.6. The number of aromatic amines is 1. The van der Waals surface area contributed by atoms with Crippen LogP contribution in [0.25, 0.3) is 10.9 Å². The van der Waals surface area contributed by atoms with Gasteiger partial charge in [0.15, 0.2) is 16.3 Å². The van der Waals surface area contributed by atoms with Crippen LogP contribution >= 0.6 is 12.2 Å². The van der Waals surface area contributed by atoms with Crippen molar-refractivity contribution in [3.63, 3.8) is 0 Å². The first-order chi connectivity index (χ1) is 16.1. The number of allylic oxidation sites excluding steroid dienone is 1. The third-order valence-electron chi connectivity index (χ3n) is 6.14. The summed E-state index contributed by atoms with van der Waals surface area (Å²) in [6.07, 6.45) is 7.93. The van der Waals surface area contributed by atoms with E-state index >= 15 is 0 Å². The Labute approximate surface area is 196 Å². The van der Waals surface area contributed by atoms with E-state index in [1.807, 2.05) is 18.2 Å². The molecule has 0 saturated heterocycles. The molecule has 7 nitrogen and oxygen atoms in total. The largest absolute Gasteiger partial charge is 0.454 e. The molecule has 1 amide bonds. The summed E-state index contributed by atoms with van der Waals surface area (Å²) in [5.41, 5.74) is 3.15. The summed E-state index contributed by atoms with van der Waals surface area (Å²) in [6, 6.07) is 10.6. The van der Waals surface area contributed by atoms with E-state index in [4.69, 9.17) is 21.7 Å². The number of carbonyl (C=O) groups is 1. The Balaban J connectivity index is 1.34. The quantitative estimate of drug-likeness (QED) is 0.417. The molecule has 0 atom stereocenters. The lowest BCUT2D eigenvalue weighted by molar-refractivity contribution is 0.0954. The van der Waals surface area contributed by atoms with Gasteiger partial charge in [-0.2, -0.15) is 0 Å². The standard InChI is InChI=1S/C25H25N3O4S/c29-23(26-11-10-16-4-2-1-3-5-16)18-7-8-19-20(13-18)27-25(33)28(24(19)30)14-17-6-9-21-22(12-17)32-15-31-21/h4,6-9,12-13H,1-3,5,10-11,14-15H2,(H,26,29)(H,27,33). The summed E-state index contributed by atoms with van der Waals surface area (Å²) in [5.74, 6) is 1.19. The van der Waals surface area contributed by atoms with Crippen molar-refractivity contribution in [2.75, 3.05) is 13.3 Å². The minimum Gasteiger partial charge on any atom is -0.454 e. The molecule has 0 radical (unpaired) electrons. The minimum absolute atomic E-state index is 0.155. The zero-order valence-corrected chi connectivity index (χ0v) is 19.0. The highest BCUT2D eigenvalue weighted by molar-refractivity contribution is 7.71. The van der Waals surface area contributed by atoms with Crippen LogP contribution in [0.15, 0.2) is 52.8 Å². The van der Waals surface area contributed by atoms with Gasteiger partial charge in [0, 0.05) is 12.1 Å². The Kier molecular flexibility index (Phi) is 6.00. The lowest BCUT2D eigenvalue weighted by Crippen LogP contribution is -2.26. The van der Waals surface area contributed by atoms with Crippen LogP contribution in [0.3, 0.4) is 0 Å². The van der Waals surface area contributed by atoms with E-state index in [0.717, 1.165) is 24.8 Å². The summed E-state index contributed by atoms with van der Waals surface area (Å²) >= 11 is 5.46. The average molecular weight is 464 g/mol. The van der Waals surface area contributed by atoms with Gasteiger partial charge in [0.05, 0.1) is 17.4 Å². The predicted molar refractivity (Wildman–Crippen MR) is 129 cm³/mol. The van der Waals surface area contributed by atoms with Gasteiger partial charge in [-0.05, 0) is 80.2 Å². The topological polar surface area (TPSA) is 85.3 Å². The van der Waals surface area contributed by atoms with E-state index in [-0.39, 0.29) is 18.3 Å². The normalized spacial score (nSPS) is 14.8. The van der Waals surface area contributed by atoms with Crippen LogP contribution in [0.1, 0.15) is 48.0 Å². The van der Waals surface area contributed by atoms with Crippen molar-refractivity contribution >= 4 is 29.0 Å². The van der Waals surface area contributed by atoms with E-state index in [1.54, 1.807) is 18.2 Å². The minimum atomic E-state index is -0.206. The Morgan fingerprint density at radius 1 is 1.12 bits per heavy atom. The lowest BCUT2D eigenvalue weighted by atomic mass is 9.97. The maximum Gasteiger partial charge on any atom is 0.262 e. The number of aromatic nitrogens is 2. The molecule has 1 aromatic heterocycles. The second-order valence-electron chi connectivity index (χ2n) is 8.38. The van der Waals surface area contributed by atoms with Gasteiger partial charge in [-0.25, -0.2) is 0 Å². The fourth-order valence-electron chi connectivity index (χ4n) is 4.33. The Hall–Kier alpha value is -3.39. The molecule has 5 rings (SSSR count). The molecular formula is C25H25N3O4S. The van der Waals surface area contributed by atoms with Crippen LogP contribution in [0.2, 0.25) is 0 Å². The number of hydrogen-bond acceptors (Lipinski definition) is 5. The maximum absolute atomic E-state index is 13.1. The number of amides is 1. The van der Waals surface area contributed by atoms with Crippen molar-refractivity contribution in [2.24, 2.45) is 0 Å². The predicted octanol–water partition coefficient (Wildman–Crippen LogP) is 4.46. The van der Waals surface area contributed by atoms with Crippen molar-refractivity contribution in [3.05, 3.63) is 74.3 Å². The summed E-state index contributed by atoms with van der Waals surface area (Å²) < 4.78 is 12.6. The van der Waals surface area contributed by atoms with Gasteiger partial charge in [-0.3, -0.25) is 14.2 Å². The molecule has 0 fully saturated rings. The molecule has 0 saturated carbocycles. The van der Waals surface area contributed by atoms with Crippen LogP contribution in [-0.4, -0.2) is 28.8 Å². The second-order valence-corrected chi connectivity index (χ2v) is 8.77. The highest BCUT2D eigenvalue weighted by Crippen LogP contribution is 2.32. The lowest BCUT2D eigenvalue weighted by Gasteiger charge is -2.13. The van der Waals surface area contributed by atoms with Crippen molar-refractivity contribution in [2.45, 2.75) is 38.6 Å². The first-order valence-electron chi connectivity index (χ1n) is 11.2. The molecule has 170 valence electrons. The van der Waals surface area contributed by atoms with Crippen LogP contribution < -0.4 is 20.3 Å². The van der Waals surface area contributed by atoms with Gasteiger partial charge in [-0.15, -0.1) is 0 Å². The highest BCUT2D eigenvalue weighted by Gasteiger charge is 2.15. The Morgan fingerprint density at radius 3 is 2.85 bits per heavy atom. The summed E-state index contributed by atoms with van der Waals surface area (Å²) in [5, 5.41) is 3.46. The number of nitrogens with one attached hydrogen (secondary N) is 2. The molecule has 2 aliphatic rings. The van der Waals surface area contributed by atoms with Crippen LogP contribution in [0.5, 0.6) is 11.5 Å². The second kappa shape index (κ2) is 9.23. The number of fused-ring (bicyclic) bond motifs is 2. The van der Waals surface area contributed by atoms with Gasteiger partial charge in [0.25, 0.3) is 11.5 Å². The molecule has 1 aliphatic carbocycles. The number of nitrogens with zero attached hydrogens (tertiary/aromatic N) is 1. The van der Waals surface area contributed by atoms with Crippen molar-refractivity contribution in [1.29, 1.82) is 0 Å². The molecule has 1 aliphatic heterocycles. The molecule has 8 heteroatoms. The third-order valence-corrected chi connectivity index (χ3v) is 6.46. The molecule has 0 bridgehead atoms. The van der Waals surface area contributed by atoms with Crippen LogP contribution in [0.4, 0.5) is 0 Å². The number of ether oxygens (including phenoxy) is 2. The Bertz CT molecular complexity index is 1370. The molecule has 2 heterocycles. The van der Waals surface area contributed by atoms with Gasteiger partial charge in [0.1, 0.15) is 0 Å². The van der Waals surface area contributed by atoms with Crippen molar-refractivity contribution < 1.29 is 14.3 Å². The fourth-order valence-corrected chi connectivity index (χ4v) is 4.59.